The number of ether oxygens (including phenoxy) is 2. The van der Waals surface area contributed by atoms with Crippen LogP contribution in [0.2, 0.25) is 0 Å². The number of piperazine rings is 1. The Bertz CT molecular complexity index is 750. The van der Waals surface area contributed by atoms with Gasteiger partial charge in [0.25, 0.3) is 5.91 Å². The summed E-state index contributed by atoms with van der Waals surface area (Å²) in [5.41, 5.74) is 2.48. The molecule has 132 valence electrons. The van der Waals surface area contributed by atoms with Gasteiger partial charge in [0, 0.05) is 26.2 Å². The largest absolute Gasteiger partial charge is 0.497 e. The number of amides is 1. The van der Waals surface area contributed by atoms with Gasteiger partial charge in [-0.25, -0.2) is 4.98 Å². The van der Waals surface area contributed by atoms with E-state index in [0.29, 0.717) is 18.8 Å². The van der Waals surface area contributed by atoms with Crippen molar-refractivity contribution in [3.05, 3.63) is 47.5 Å². The molecule has 4 rings (SSSR count). The highest BCUT2D eigenvalue weighted by Gasteiger charge is 2.29. The number of aromatic nitrogens is 2. The molecule has 2 aromatic rings. The Hall–Kier alpha value is -2.38. The Morgan fingerprint density at radius 1 is 1.28 bits per heavy atom. The lowest BCUT2D eigenvalue weighted by molar-refractivity contribution is 0.00230. The van der Waals surface area contributed by atoms with E-state index in [9.17, 15) is 4.79 Å². The normalized spacial score (nSPS) is 20.2. The summed E-state index contributed by atoms with van der Waals surface area (Å²) < 4.78 is 13.2. The van der Waals surface area contributed by atoms with E-state index in [-0.39, 0.29) is 12.0 Å². The van der Waals surface area contributed by atoms with E-state index in [2.05, 4.69) is 10.3 Å². The lowest BCUT2D eigenvalue weighted by Crippen LogP contribution is -2.46. The van der Waals surface area contributed by atoms with E-state index in [4.69, 9.17) is 9.47 Å². The number of hydrogen-bond donors (Lipinski definition) is 1. The van der Waals surface area contributed by atoms with Crippen molar-refractivity contribution in [2.24, 2.45) is 0 Å². The molecule has 2 aliphatic heterocycles. The summed E-state index contributed by atoms with van der Waals surface area (Å²) in [7, 11) is 1.65. The van der Waals surface area contributed by atoms with Gasteiger partial charge >= 0.3 is 0 Å². The van der Waals surface area contributed by atoms with Crippen LogP contribution >= 0.6 is 0 Å². The number of imidazole rings is 1. The van der Waals surface area contributed by atoms with Gasteiger partial charge in [0.2, 0.25) is 0 Å². The SMILES string of the molecule is COc1ccc(C2Cn3cnc(C(=O)N4CCNCC4)c3CO2)cc1. The molecular weight excluding hydrogens is 320 g/mol. The second-order valence-electron chi connectivity index (χ2n) is 6.31. The second-order valence-corrected chi connectivity index (χ2v) is 6.31. The molecular formula is C18H22N4O3. The molecule has 1 amide bonds. The molecule has 25 heavy (non-hydrogen) atoms. The standard InChI is InChI=1S/C18H22N4O3/c1-24-14-4-2-13(3-5-14)16-10-22-12-20-17(15(22)11-25-16)18(23)21-8-6-19-7-9-21/h2-5,12,16,19H,6-11H2,1H3. The zero-order chi connectivity index (χ0) is 17.2. The van der Waals surface area contributed by atoms with Crippen LogP contribution in [0.4, 0.5) is 0 Å². The van der Waals surface area contributed by atoms with Gasteiger partial charge in [-0.2, -0.15) is 0 Å². The van der Waals surface area contributed by atoms with Gasteiger partial charge in [0.15, 0.2) is 5.69 Å². The Morgan fingerprint density at radius 3 is 2.76 bits per heavy atom. The van der Waals surface area contributed by atoms with E-state index in [1.165, 1.54) is 0 Å². The number of hydrogen-bond acceptors (Lipinski definition) is 5. The minimum Gasteiger partial charge on any atom is -0.497 e. The summed E-state index contributed by atoms with van der Waals surface area (Å²) in [6.45, 7) is 4.16. The molecule has 7 heteroatoms. The highest BCUT2D eigenvalue weighted by Crippen LogP contribution is 2.29. The zero-order valence-corrected chi connectivity index (χ0v) is 14.3. The van der Waals surface area contributed by atoms with Crippen LogP contribution in [0.25, 0.3) is 0 Å². The van der Waals surface area contributed by atoms with Crippen LogP contribution in [0.15, 0.2) is 30.6 Å². The van der Waals surface area contributed by atoms with Crippen molar-refractivity contribution < 1.29 is 14.3 Å². The number of fused-ring (bicyclic) bond motifs is 1. The molecule has 0 saturated carbocycles. The molecule has 1 saturated heterocycles. The Kier molecular flexibility index (Phi) is 4.42. The van der Waals surface area contributed by atoms with E-state index in [0.717, 1.165) is 43.2 Å². The predicted molar refractivity (Wildman–Crippen MR) is 91.5 cm³/mol. The summed E-state index contributed by atoms with van der Waals surface area (Å²) in [6.07, 6.45) is 1.71. The zero-order valence-electron chi connectivity index (χ0n) is 14.3. The maximum absolute atomic E-state index is 12.7. The fraction of sp³-hybridized carbons (Fsp3) is 0.444. The van der Waals surface area contributed by atoms with Crippen LogP contribution in [0.1, 0.15) is 27.8 Å². The van der Waals surface area contributed by atoms with Crippen LogP contribution in [0.3, 0.4) is 0 Å². The molecule has 1 fully saturated rings. The molecule has 3 heterocycles. The topological polar surface area (TPSA) is 68.6 Å². The Morgan fingerprint density at radius 2 is 2.04 bits per heavy atom. The number of nitrogens with one attached hydrogen (secondary N) is 1. The van der Waals surface area contributed by atoms with Crippen LogP contribution in [0, 0.1) is 0 Å². The highest BCUT2D eigenvalue weighted by atomic mass is 16.5. The average molecular weight is 342 g/mol. The molecule has 1 unspecified atom stereocenters. The first-order valence-corrected chi connectivity index (χ1v) is 8.56. The lowest BCUT2D eigenvalue weighted by Gasteiger charge is -2.28. The first-order valence-electron chi connectivity index (χ1n) is 8.56. The van der Waals surface area contributed by atoms with Crippen LogP contribution in [-0.2, 0) is 17.9 Å². The maximum atomic E-state index is 12.7. The predicted octanol–water partition coefficient (Wildman–Crippen LogP) is 1.21. The van der Waals surface area contributed by atoms with Gasteiger partial charge < -0.3 is 24.3 Å². The van der Waals surface area contributed by atoms with Crippen molar-refractivity contribution in [1.29, 1.82) is 0 Å². The molecule has 1 atom stereocenters. The molecule has 0 radical (unpaired) electrons. The summed E-state index contributed by atoms with van der Waals surface area (Å²) in [4.78, 5) is 18.9. The van der Waals surface area contributed by atoms with Gasteiger partial charge in [0.1, 0.15) is 11.9 Å². The number of carbonyl (C=O) groups is 1. The minimum absolute atomic E-state index is 0.00162. The van der Waals surface area contributed by atoms with E-state index >= 15 is 0 Å². The van der Waals surface area contributed by atoms with Crippen molar-refractivity contribution in [2.75, 3.05) is 33.3 Å². The van der Waals surface area contributed by atoms with Crippen molar-refractivity contribution in [3.8, 4) is 5.75 Å². The van der Waals surface area contributed by atoms with Crippen LogP contribution < -0.4 is 10.1 Å². The third-order valence-corrected chi connectivity index (χ3v) is 4.82. The molecule has 2 aliphatic rings. The summed E-state index contributed by atoms with van der Waals surface area (Å²) in [6, 6.07) is 7.89. The van der Waals surface area contributed by atoms with E-state index < -0.39 is 0 Å². The molecule has 7 nitrogen and oxygen atoms in total. The van der Waals surface area contributed by atoms with Crippen molar-refractivity contribution in [3.63, 3.8) is 0 Å². The van der Waals surface area contributed by atoms with E-state index in [1.54, 1.807) is 13.4 Å². The van der Waals surface area contributed by atoms with Gasteiger partial charge in [0.05, 0.1) is 32.3 Å². The summed E-state index contributed by atoms with van der Waals surface area (Å²) in [5, 5.41) is 3.26. The number of carbonyl (C=O) groups excluding carboxylic acids is 1. The lowest BCUT2D eigenvalue weighted by atomic mass is 10.1. The van der Waals surface area contributed by atoms with Crippen LogP contribution in [-0.4, -0.2) is 53.6 Å². The monoisotopic (exact) mass is 342 g/mol. The maximum Gasteiger partial charge on any atom is 0.274 e. The quantitative estimate of drug-likeness (QED) is 0.908. The number of nitrogens with zero attached hydrogens (tertiary/aromatic N) is 3. The third-order valence-electron chi connectivity index (χ3n) is 4.82. The number of benzene rings is 1. The summed E-state index contributed by atoms with van der Waals surface area (Å²) in [5.74, 6) is 0.827. The average Bonchev–Trinajstić information content (AvgIpc) is 3.11. The highest BCUT2D eigenvalue weighted by molar-refractivity contribution is 5.93. The molecule has 0 bridgehead atoms. The van der Waals surface area contributed by atoms with Crippen molar-refractivity contribution in [2.45, 2.75) is 19.3 Å². The van der Waals surface area contributed by atoms with Gasteiger partial charge in [-0.15, -0.1) is 0 Å². The fourth-order valence-electron chi connectivity index (χ4n) is 3.34. The number of rotatable bonds is 3. The first kappa shape index (κ1) is 16.1. The van der Waals surface area contributed by atoms with Gasteiger partial charge in [-0.05, 0) is 17.7 Å². The van der Waals surface area contributed by atoms with Crippen molar-refractivity contribution >= 4 is 5.91 Å². The molecule has 1 aromatic heterocycles. The van der Waals surface area contributed by atoms with E-state index in [1.807, 2.05) is 33.7 Å². The van der Waals surface area contributed by atoms with Gasteiger partial charge in [-0.1, -0.05) is 12.1 Å². The van der Waals surface area contributed by atoms with Gasteiger partial charge in [-0.3, -0.25) is 4.79 Å². The first-order chi connectivity index (χ1) is 12.3. The number of methoxy groups -OCH3 is 1. The van der Waals surface area contributed by atoms with Crippen molar-refractivity contribution in [1.82, 2.24) is 19.8 Å². The second kappa shape index (κ2) is 6.85. The van der Waals surface area contributed by atoms with Crippen LogP contribution in [0.5, 0.6) is 5.75 Å². The molecule has 1 N–H and O–H groups in total. The molecule has 1 aromatic carbocycles. The Balaban J connectivity index is 1.50. The Labute approximate surface area is 146 Å². The fourth-order valence-corrected chi connectivity index (χ4v) is 3.34. The summed E-state index contributed by atoms with van der Waals surface area (Å²) >= 11 is 0. The molecule has 0 spiro atoms. The molecule has 0 aliphatic carbocycles. The third kappa shape index (κ3) is 3.12. The smallest absolute Gasteiger partial charge is 0.274 e. The minimum atomic E-state index is -0.0465.